The largest absolute Gasteiger partial charge is 0.355 e. The average Bonchev–Trinajstić information content (AvgIpc) is 2.72. The lowest BCUT2D eigenvalue weighted by molar-refractivity contribution is 1.03. The van der Waals surface area contributed by atoms with E-state index >= 15 is 0 Å². The Hall–Kier alpha value is -0.940. The van der Waals surface area contributed by atoms with Gasteiger partial charge < -0.3 is 5.32 Å². The van der Waals surface area contributed by atoms with Crippen LogP contribution in [-0.2, 0) is 6.54 Å². The fourth-order valence-electron chi connectivity index (χ4n) is 1.27. The van der Waals surface area contributed by atoms with Crippen LogP contribution < -0.4 is 5.32 Å². The molecule has 0 unspecified atom stereocenters. The van der Waals surface area contributed by atoms with Gasteiger partial charge in [-0.3, -0.25) is 0 Å². The zero-order chi connectivity index (χ0) is 10.8. The summed E-state index contributed by atoms with van der Waals surface area (Å²) in [6.07, 6.45) is 0. The van der Waals surface area contributed by atoms with Crippen LogP contribution in [0, 0.1) is 20.8 Å². The Morgan fingerprint density at radius 1 is 1.20 bits per heavy atom. The molecule has 0 saturated heterocycles. The van der Waals surface area contributed by atoms with Gasteiger partial charge in [-0.1, -0.05) is 11.3 Å². The number of hydrogen-bond donors (Lipinski definition) is 1. The first-order chi connectivity index (χ1) is 7.15. The minimum atomic E-state index is 0.841. The molecule has 2 heterocycles. The van der Waals surface area contributed by atoms with Crippen LogP contribution in [0.25, 0.3) is 0 Å². The highest BCUT2D eigenvalue weighted by atomic mass is 32.1. The SMILES string of the molecule is Cc1nnc(NCc2cc(C)c(C)s2)s1. The molecule has 80 valence electrons. The molecule has 0 aromatic carbocycles. The lowest BCUT2D eigenvalue weighted by Crippen LogP contribution is -1.96. The van der Waals surface area contributed by atoms with Gasteiger partial charge in [-0.2, -0.15) is 0 Å². The molecule has 1 N–H and O–H groups in total. The van der Waals surface area contributed by atoms with E-state index in [0.717, 1.165) is 16.7 Å². The Balaban J connectivity index is 1.99. The topological polar surface area (TPSA) is 37.8 Å². The number of anilines is 1. The summed E-state index contributed by atoms with van der Waals surface area (Å²) in [6, 6.07) is 2.22. The summed E-state index contributed by atoms with van der Waals surface area (Å²) >= 11 is 3.42. The van der Waals surface area contributed by atoms with Gasteiger partial charge in [-0.05, 0) is 32.4 Å². The van der Waals surface area contributed by atoms with Crippen molar-refractivity contribution in [1.29, 1.82) is 0 Å². The fraction of sp³-hybridized carbons (Fsp3) is 0.400. The maximum atomic E-state index is 4.02. The summed E-state index contributed by atoms with van der Waals surface area (Å²) in [5, 5.41) is 13.2. The molecule has 2 aromatic rings. The highest BCUT2D eigenvalue weighted by Crippen LogP contribution is 2.22. The standard InChI is InChI=1S/C10H13N3S2/c1-6-4-9(14-7(6)2)5-11-10-13-12-8(3)15-10/h4H,5H2,1-3H3,(H,11,13). The van der Waals surface area contributed by atoms with Crippen LogP contribution in [0.2, 0.25) is 0 Å². The zero-order valence-electron chi connectivity index (χ0n) is 9.00. The van der Waals surface area contributed by atoms with Crippen molar-refractivity contribution in [3.8, 4) is 0 Å². The maximum Gasteiger partial charge on any atom is 0.205 e. The van der Waals surface area contributed by atoms with Gasteiger partial charge in [0.1, 0.15) is 5.01 Å². The molecule has 2 rings (SSSR count). The molecule has 0 aliphatic heterocycles. The Labute approximate surface area is 97.2 Å². The van der Waals surface area contributed by atoms with Crippen molar-refractivity contribution in [1.82, 2.24) is 10.2 Å². The second-order valence-corrected chi connectivity index (χ2v) is 5.95. The van der Waals surface area contributed by atoms with Crippen molar-refractivity contribution in [3.63, 3.8) is 0 Å². The van der Waals surface area contributed by atoms with Crippen molar-refractivity contribution in [3.05, 3.63) is 26.4 Å². The third kappa shape index (κ3) is 2.54. The van der Waals surface area contributed by atoms with Crippen molar-refractivity contribution in [2.75, 3.05) is 5.32 Å². The van der Waals surface area contributed by atoms with E-state index in [1.54, 1.807) is 11.3 Å². The molecule has 2 aromatic heterocycles. The number of nitrogens with one attached hydrogen (secondary N) is 1. The minimum Gasteiger partial charge on any atom is -0.355 e. The van der Waals surface area contributed by atoms with Crippen molar-refractivity contribution in [2.24, 2.45) is 0 Å². The Morgan fingerprint density at radius 3 is 2.53 bits per heavy atom. The molecule has 0 aliphatic carbocycles. The van der Waals surface area contributed by atoms with Crippen LogP contribution in [0.3, 0.4) is 0 Å². The normalized spacial score (nSPS) is 10.6. The van der Waals surface area contributed by atoms with Crippen molar-refractivity contribution >= 4 is 27.8 Å². The van der Waals surface area contributed by atoms with Gasteiger partial charge in [0.25, 0.3) is 0 Å². The van der Waals surface area contributed by atoms with Crippen molar-refractivity contribution < 1.29 is 0 Å². The molecule has 0 radical (unpaired) electrons. The summed E-state index contributed by atoms with van der Waals surface area (Å²) in [6.45, 7) is 7.10. The summed E-state index contributed by atoms with van der Waals surface area (Å²) < 4.78 is 0. The predicted octanol–water partition coefficient (Wildman–Crippen LogP) is 3.14. The van der Waals surface area contributed by atoms with Crippen LogP contribution in [0.15, 0.2) is 6.07 Å². The van der Waals surface area contributed by atoms with Gasteiger partial charge in [0.2, 0.25) is 5.13 Å². The summed E-state index contributed by atoms with van der Waals surface area (Å²) in [7, 11) is 0. The highest BCUT2D eigenvalue weighted by molar-refractivity contribution is 7.15. The monoisotopic (exact) mass is 239 g/mol. The van der Waals surface area contributed by atoms with Gasteiger partial charge in [0.15, 0.2) is 0 Å². The number of rotatable bonds is 3. The number of thiophene rings is 1. The molecular weight excluding hydrogens is 226 g/mol. The smallest absolute Gasteiger partial charge is 0.205 e. The van der Waals surface area contributed by atoms with Gasteiger partial charge >= 0.3 is 0 Å². The van der Waals surface area contributed by atoms with E-state index in [1.165, 1.54) is 15.3 Å². The van der Waals surface area contributed by atoms with E-state index in [1.807, 2.05) is 18.3 Å². The Bertz CT molecular complexity index is 439. The second kappa shape index (κ2) is 4.28. The molecular formula is C10H13N3S2. The Morgan fingerprint density at radius 2 is 2.00 bits per heavy atom. The van der Waals surface area contributed by atoms with E-state index in [-0.39, 0.29) is 0 Å². The van der Waals surface area contributed by atoms with Crippen LogP contribution in [0.1, 0.15) is 20.3 Å². The molecule has 3 nitrogen and oxygen atoms in total. The minimum absolute atomic E-state index is 0.841. The summed E-state index contributed by atoms with van der Waals surface area (Å²) in [5.41, 5.74) is 1.37. The van der Waals surface area contributed by atoms with E-state index in [2.05, 4.69) is 35.4 Å². The van der Waals surface area contributed by atoms with Crippen LogP contribution in [0.4, 0.5) is 5.13 Å². The number of aromatic nitrogens is 2. The third-order valence-corrected chi connectivity index (χ3v) is 4.11. The molecule has 0 aliphatic rings. The zero-order valence-corrected chi connectivity index (χ0v) is 10.6. The van der Waals surface area contributed by atoms with Gasteiger partial charge in [-0.15, -0.1) is 21.5 Å². The maximum absolute atomic E-state index is 4.02. The lowest BCUT2D eigenvalue weighted by Gasteiger charge is -1.97. The van der Waals surface area contributed by atoms with E-state index in [4.69, 9.17) is 0 Å². The van der Waals surface area contributed by atoms with Crippen LogP contribution >= 0.6 is 22.7 Å². The molecule has 0 amide bonds. The van der Waals surface area contributed by atoms with Crippen LogP contribution in [-0.4, -0.2) is 10.2 Å². The van der Waals surface area contributed by atoms with Gasteiger partial charge in [0, 0.05) is 9.75 Å². The second-order valence-electron chi connectivity index (χ2n) is 3.43. The Kier molecular flexibility index (Phi) is 3.02. The molecule has 0 spiro atoms. The molecule has 0 atom stereocenters. The first kappa shape index (κ1) is 10.6. The molecule has 0 fully saturated rings. The molecule has 15 heavy (non-hydrogen) atoms. The summed E-state index contributed by atoms with van der Waals surface area (Å²) in [4.78, 5) is 2.73. The van der Waals surface area contributed by atoms with E-state index in [9.17, 15) is 0 Å². The molecule has 0 saturated carbocycles. The highest BCUT2D eigenvalue weighted by Gasteiger charge is 2.03. The lowest BCUT2D eigenvalue weighted by atomic mass is 10.3. The first-order valence-corrected chi connectivity index (χ1v) is 6.38. The van der Waals surface area contributed by atoms with Crippen LogP contribution in [0.5, 0.6) is 0 Å². The fourth-order valence-corrected chi connectivity index (χ4v) is 2.85. The predicted molar refractivity (Wildman–Crippen MR) is 65.8 cm³/mol. The van der Waals surface area contributed by atoms with E-state index < -0.39 is 0 Å². The summed E-state index contributed by atoms with van der Waals surface area (Å²) in [5.74, 6) is 0. The average molecular weight is 239 g/mol. The number of nitrogens with zero attached hydrogens (tertiary/aromatic N) is 2. The molecule has 5 heteroatoms. The van der Waals surface area contributed by atoms with Crippen molar-refractivity contribution in [2.45, 2.75) is 27.3 Å². The third-order valence-electron chi connectivity index (χ3n) is 2.16. The number of aryl methyl sites for hydroxylation is 3. The van der Waals surface area contributed by atoms with E-state index in [0.29, 0.717) is 0 Å². The molecule has 0 bridgehead atoms. The quantitative estimate of drug-likeness (QED) is 0.894. The van der Waals surface area contributed by atoms with Gasteiger partial charge in [0.05, 0.1) is 6.54 Å². The number of hydrogen-bond acceptors (Lipinski definition) is 5. The van der Waals surface area contributed by atoms with Gasteiger partial charge in [-0.25, -0.2) is 0 Å². The first-order valence-electron chi connectivity index (χ1n) is 4.75.